The zero-order valence-corrected chi connectivity index (χ0v) is 16.0. The van der Waals surface area contributed by atoms with Gasteiger partial charge in [0.05, 0.1) is 5.56 Å². The molecule has 0 radical (unpaired) electrons. The molecule has 1 aliphatic heterocycles. The maximum atomic E-state index is 12.9. The van der Waals surface area contributed by atoms with Gasteiger partial charge in [-0.3, -0.25) is 4.79 Å². The minimum Gasteiger partial charge on any atom is -0.374 e. The van der Waals surface area contributed by atoms with E-state index in [2.05, 4.69) is 15.9 Å². The van der Waals surface area contributed by atoms with E-state index in [-0.39, 0.29) is 5.78 Å². The van der Waals surface area contributed by atoms with Crippen molar-refractivity contribution >= 4 is 27.4 Å². The van der Waals surface area contributed by atoms with Crippen LogP contribution in [0.2, 0.25) is 0 Å². The van der Waals surface area contributed by atoms with Gasteiger partial charge in [-0.1, -0.05) is 22.0 Å². The molecule has 2 aromatic rings. The number of piperazine rings is 1. The maximum absolute atomic E-state index is 12.9. The molecule has 0 aliphatic carbocycles. The van der Waals surface area contributed by atoms with Crippen LogP contribution >= 0.6 is 15.9 Å². The lowest BCUT2D eigenvalue weighted by atomic mass is 10.1. The summed E-state index contributed by atoms with van der Waals surface area (Å²) in [5.74, 6) is -0.0807. The molecular weight excluding hydrogens is 421 g/mol. The number of carbonyl (C=O) groups excluding carboxylic acids is 1. The molecule has 0 aromatic heterocycles. The average molecular weight is 439 g/mol. The summed E-state index contributed by atoms with van der Waals surface area (Å²) in [6.07, 6.45) is -1.05. The Morgan fingerprint density at radius 2 is 1.67 bits per heavy atom. The number of rotatable bonds is 4. The summed E-state index contributed by atoms with van der Waals surface area (Å²) in [5.41, 5.74) is 0.541. The minimum atomic E-state index is -4.34. The Morgan fingerprint density at radius 1 is 1.00 bits per heavy atom. The second kappa shape index (κ2) is 8.17. The molecule has 0 N–H and O–H groups in total. The van der Waals surface area contributed by atoms with Gasteiger partial charge in [0.15, 0.2) is 5.78 Å². The SMILES string of the molecule is O=C(C=CN1CCN(c2cccc(C(F)(F)F)c2)CC1)c1ccc(Br)cc1. The fourth-order valence-corrected chi connectivity index (χ4v) is 3.16. The van der Waals surface area contributed by atoms with Gasteiger partial charge >= 0.3 is 6.18 Å². The molecule has 2 aromatic carbocycles. The number of halogens is 4. The van der Waals surface area contributed by atoms with Crippen LogP contribution in [-0.4, -0.2) is 36.9 Å². The van der Waals surface area contributed by atoms with Gasteiger partial charge in [0.2, 0.25) is 0 Å². The fourth-order valence-electron chi connectivity index (χ4n) is 2.89. The van der Waals surface area contributed by atoms with Crippen molar-refractivity contribution in [3.8, 4) is 0 Å². The third-order valence-corrected chi connectivity index (χ3v) is 4.95. The Balaban J connectivity index is 1.57. The highest BCUT2D eigenvalue weighted by Crippen LogP contribution is 2.31. The molecule has 1 fully saturated rings. The number of hydrogen-bond donors (Lipinski definition) is 0. The van der Waals surface area contributed by atoms with Crippen LogP contribution in [0.3, 0.4) is 0 Å². The molecule has 3 nitrogen and oxygen atoms in total. The number of carbonyl (C=O) groups is 1. The van der Waals surface area contributed by atoms with Crippen LogP contribution in [0.15, 0.2) is 65.3 Å². The molecule has 0 bridgehead atoms. The van der Waals surface area contributed by atoms with E-state index in [1.165, 1.54) is 18.2 Å². The van der Waals surface area contributed by atoms with Gasteiger partial charge in [0, 0.05) is 54.2 Å². The van der Waals surface area contributed by atoms with Gasteiger partial charge in [-0.15, -0.1) is 0 Å². The highest BCUT2D eigenvalue weighted by Gasteiger charge is 2.31. The van der Waals surface area contributed by atoms with Crippen molar-refractivity contribution in [2.24, 2.45) is 0 Å². The first-order valence-electron chi connectivity index (χ1n) is 8.47. The molecule has 142 valence electrons. The van der Waals surface area contributed by atoms with E-state index < -0.39 is 11.7 Å². The van der Waals surface area contributed by atoms with Crippen molar-refractivity contribution in [2.75, 3.05) is 31.1 Å². The van der Waals surface area contributed by atoms with Crippen LogP contribution in [0.4, 0.5) is 18.9 Å². The third-order valence-electron chi connectivity index (χ3n) is 4.42. The molecule has 1 heterocycles. The predicted molar refractivity (Wildman–Crippen MR) is 103 cm³/mol. The minimum absolute atomic E-state index is 0.0807. The van der Waals surface area contributed by atoms with Crippen LogP contribution in [0.1, 0.15) is 15.9 Å². The molecule has 7 heteroatoms. The smallest absolute Gasteiger partial charge is 0.374 e. The zero-order chi connectivity index (χ0) is 19.4. The monoisotopic (exact) mass is 438 g/mol. The number of allylic oxidation sites excluding steroid dienone is 1. The van der Waals surface area contributed by atoms with Crippen LogP contribution < -0.4 is 4.90 Å². The van der Waals surface area contributed by atoms with E-state index in [0.29, 0.717) is 37.4 Å². The zero-order valence-electron chi connectivity index (χ0n) is 14.4. The van der Waals surface area contributed by atoms with Gasteiger partial charge < -0.3 is 9.80 Å². The molecule has 0 saturated carbocycles. The van der Waals surface area contributed by atoms with Gasteiger partial charge in [-0.05, 0) is 42.5 Å². The number of ketones is 1. The van der Waals surface area contributed by atoms with Crippen LogP contribution in [0.25, 0.3) is 0 Å². The molecule has 3 rings (SSSR count). The summed E-state index contributed by atoms with van der Waals surface area (Å²) in [6, 6.07) is 12.5. The Bertz CT molecular complexity index is 826. The summed E-state index contributed by atoms with van der Waals surface area (Å²) in [7, 11) is 0. The van der Waals surface area contributed by atoms with Gasteiger partial charge in [0.25, 0.3) is 0 Å². The number of anilines is 1. The molecule has 1 saturated heterocycles. The van der Waals surface area contributed by atoms with Crippen LogP contribution in [-0.2, 0) is 6.18 Å². The first kappa shape index (κ1) is 19.5. The first-order valence-corrected chi connectivity index (χ1v) is 9.26. The number of hydrogen-bond acceptors (Lipinski definition) is 3. The Hall–Kier alpha value is -2.28. The molecule has 1 aliphatic rings. The van der Waals surface area contributed by atoms with E-state index in [0.717, 1.165) is 10.5 Å². The van der Waals surface area contributed by atoms with E-state index >= 15 is 0 Å². The van der Waals surface area contributed by atoms with Crippen molar-refractivity contribution in [3.05, 3.63) is 76.4 Å². The summed E-state index contributed by atoms with van der Waals surface area (Å²) >= 11 is 3.33. The quantitative estimate of drug-likeness (QED) is 0.496. The van der Waals surface area contributed by atoms with Crippen molar-refractivity contribution in [1.82, 2.24) is 4.90 Å². The van der Waals surface area contributed by atoms with E-state index in [4.69, 9.17) is 0 Å². The van der Waals surface area contributed by atoms with Crippen LogP contribution in [0, 0.1) is 0 Å². The topological polar surface area (TPSA) is 23.6 Å². The third kappa shape index (κ3) is 5.13. The van der Waals surface area contributed by atoms with Crippen LogP contribution in [0.5, 0.6) is 0 Å². The lowest BCUT2D eigenvalue weighted by Crippen LogP contribution is -2.44. The predicted octanol–water partition coefficient (Wildman–Crippen LogP) is 4.99. The summed E-state index contributed by atoms with van der Waals surface area (Å²) in [5, 5.41) is 0. The molecule has 0 unspecified atom stereocenters. The second-order valence-electron chi connectivity index (χ2n) is 6.26. The average Bonchev–Trinajstić information content (AvgIpc) is 2.66. The molecule has 0 amide bonds. The normalized spacial score (nSPS) is 15.4. The Morgan fingerprint density at radius 3 is 2.30 bits per heavy atom. The van der Waals surface area contributed by atoms with Gasteiger partial charge in [-0.25, -0.2) is 0 Å². The highest BCUT2D eigenvalue weighted by atomic mass is 79.9. The highest BCUT2D eigenvalue weighted by molar-refractivity contribution is 9.10. The molecule has 0 spiro atoms. The summed E-state index contributed by atoms with van der Waals surface area (Å²) in [6.45, 7) is 2.47. The lowest BCUT2D eigenvalue weighted by Gasteiger charge is -2.35. The molecular formula is C20H18BrF3N2O. The summed E-state index contributed by atoms with van der Waals surface area (Å²) in [4.78, 5) is 16.1. The number of benzene rings is 2. The van der Waals surface area contributed by atoms with Crippen molar-refractivity contribution < 1.29 is 18.0 Å². The number of alkyl halides is 3. The van der Waals surface area contributed by atoms with Crippen molar-refractivity contribution in [3.63, 3.8) is 0 Å². The van der Waals surface area contributed by atoms with Gasteiger partial charge in [-0.2, -0.15) is 13.2 Å². The van der Waals surface area contributed by atoms with E-state index in [1.54, 1.807) is 24.4 Å². The number of nitrogens with zero attached hydrogens (tertiary/aromatic N) is 2. The summed E-state index contributed by atoms with van der Waals surface area (Å²) < 4.78 is 39.5. The maximum Gasteiger partial charge on any atom is 0.416 e. The fraction of sp³-hybridized carbons (Fsp3) is 0.250. The Labute approximate surface area is 164 Å². The van der Waals surface area contributed by atoms with E-state index in [9.17, 15) is 18.0 Å². The first-order chi connectivity index (χ1) is 12.8. The second-order valence-corrected chi connectivity index (χ2v) is 7.17. The van der Waals surface area contributed by atoms with Crippen molar-refractivity contribution in [2.45, 2.75) is 6.18 Å². The van der Waals surface area contributed by atoms with E-state index in [1.807, 2.05) is 21.9 Å². The standard InChI is InChI=1S/C20H18BrF3N2O/c21-17-6-4-15(5-7-17)19(27)8-9-25-10-12-26(13-11-25)18-3-1-2-16(14-18)20(22,23)24/h1-9,14H,10-13H2. The van der Waals surface area contributed by atoms with Gasteiger partial charge in [0.1, 0.15) is 0 Å². The largest absolute Gasteiger partial charge is 0.416 e. The van der Waals surface area contributed by atoms with Crippen molar-refractivity contribution in [1.29, 1.82) is 0 Å². The molecule has 27 heavy (non-hydrogen) atoms. The lowest BCUT2D eigenvalue weighted by molar-refractivity contribution is -0.137. The molecule has 0 atom stereocenters. The Kier molecular flexibility index (Phi) is 5.89.